The fourth-order valence-electron chi connectivity index (χ4n) is 1.65. The Morgan fingerprint density at radius 2 is 1.76 bits per heavy atom. The van der Waals surface area contributed by atoms with Crippen molar-refractivity contribution in [1.29, 1.82) is 5.26 Å². The lowest BCUT2D eigenvalue weighted by molar-refractivity contribution is -0.137. The van der Waals surface area contributed by atoms with Crippen LogP contribution in [0.2, 0.25) is 0 Å². The second kappa shape index (κ2) is 6.10. The predicted molar refractivity (Wildman–Crippen MR) is 73.3 cm³/mol. The molecule has 2 aromatic carbocycles. The Kier molecular flexibility index (Phi) is 4.43. The van der Waals surface area contributed by atoms with Crippen LogP contribution < -0.4 is 4.74 Å². The molecule has 0 fully saturated rings. The molecule has 0 amide bonds. The SMILES string of the molecule is COc1ccc(Sc2ccc(C(F)(F)F)cc2C#N)cc1. The van der Waals surface area contributed by atoms with Crippen molar-refractivity contribution in [3.8, 4) is 11.8 Å². The van der Waals surface area contributed by atoms with Crippen LogP contribution in [-0.2, 0) is 6.18 Å². The van der Waals surface area contributed by atoms with Gasteiger partial charge in [-0.15, -0.1) is 0 Å². The molecular formula is C15H10F3NOS. The second-order valence-corrected chi connectivity index (χ2v) is 5.21. The summed E-state index contributed by atoms with van der Waals surface area (Å²) in [5.74, 6) is 0.687. The molecule has 0 aliphatic carbocycles. The molecule has 0 radical (unpaired) electrons. The molecule has 0 aliphatic rings. The number of nitrogens with zero attached hydrogens (tertiary/aromatic N) is 1. The predicted octanol–water partition coefficient (Wildman–Crippen LogP) is 4.74. The third-order valence-corrected chi connectivity index (χ3v) is 3.80. The number of alkyl halides is 3. The molecule has 21 heavy (non-hydrogen) atoms. The molecular weight excluding hydrogens is 299 g/mol. The van der Waals surface area contributed by atoms with Gasteiger partial charge in [-0.1, -0.05) is 11.8 Å². The molecule has 0 unspecified atom stereocenters. The molecule has 2 aromatic rings. The minimum Gasteiger partial charge on any atom is -0.497 e. The minimum absolute atomic E-state index is 0.00523. The summed E-state index contributed by atoms with van der Waals surface area (Å²) in [4.78, 5) is 1.29. The van der Waals surface area contributed by atoms with Crippen molar-refractivity contribution in [1.82, 2.24) is 0 Å². The van der Waals surface area contributed by atoms with Crippen LogP contribution in [0.25, 0.3) is 0 Å². The molecule has 0 saturated carbocycles. The van der Waals surface area contributed by atoms with E-state index in [0.717, 1.165) is 17.0 Å². The summed E-state index contributed by atoms with van der Waals surface area (Å²) in [5, 5.41) is 9.02. The Bertz CT molecular complexity index is 675. The number of nitriles is 1. The summed E-state index contributed by atoms with van der Waals surface area (Å²) in [7, 11) is 1.55. The van der Waals surface area contributed by atoms with E-state index in [-0.39, 0.29) is 5.56 Å². The maximum Gasteiger partial charge on any atom is 0.416 e. The average Bonchev–Trinajstić information content (AvgIpc) is 2.47. The summed E-state index contributed by atoms with van der Waals surface area (Å²) >= 11 is 1.23. The van der Waals surface area contributed by atoms with Crippen LogP contribution in [-0.4, -0.2) is 7.11 Å². The lowest BCUT2D eigenvalue weighted by Gasteiger charge is -2.09. The maximum atomic E-state index is 12.6. The fraction of sp³-hybridized carbons (Fsp3) is 0.133. The van der Waals surface area contributed by atoms with Gasteiger partial charge in [-0.3, -0.25) is 0 Å². The zero-order valence-electron chi connectivity index (χ0n) is 10.9. The van der Waals surface area contributed by atoms with Crippen LogP contribution in [0.15, 0.2) is 52.3 Å². The summed E-state index contributed by atoms with van der Waals surface area (Å²) in [6.07, 6.45) is -4.45. The second-order valence-electron chi connectivity index (χ2n) is 4.10. The summed E-state index contributed by atoms with van der Waals surface area (Å²) in [6, 6.07) is 12.0. The number of hydrogen-bond donors (Lipinski definition) is 0. The van der Waals surface area contributed by atoms with Gasteiger partial charge in [0.25, 0.3) is 0 Å². The first-order valence-electron chi connectivity index (χ1n) is 5.87. The van der Waals surface area contributed by atoms with Crippen molar-refractivity contribution in [2.24, 2.45) is 0 Å². The third-order valence-electron chi connectivity index (χ3n) is 2.71. The summed E-state index contributed by atoms with van der Waals surface area (Å²) in [6.45, 7) is 0. The van der Waals surface area contributed by atoms with Gasteiger partial charge in [-0.05, 0) is 42.5 Å². The largest absolute Gasteiger partial charge is 0.497 e. The number of rotatable bonds is 3. The monoisotopic (exact) mass is 309 g/mol. The first-order chi connectivity index (χ1) is 9.94. The van der Waals surface area contributed by atoms with E-state index in [4.69, 9.17) is 10.00 Å². The van der Waals surface area contributed by atoms with E-state index in [1.165, 1.54) is 17.8 Å². The quantitative estimate of drug-likeness (QED) is 0.821. The Morgan fingerprint density at radius 1 is 1.10 bits per heavy atom. The van der Waals surface area contributed by atoms with E-state index in [1.54, 1.807) is 37.4 Å². The van der Waals surface area contributed by atoms with Crippen molar-refractivity contribution < 1.29 is 17.9 Å². The molecule has 2 rings (SSSR count). The van der Waals surface area contributed by atoms with Gasteiger partial charge in [0, 0.05) is 9.79 Å². The molecule has 0 aliphatic heterocycles. The molecule has 0 heterocycles. The van der Waals surface area contributed by atoms with Crippen LogP contribution in [0.3, 0.4) is 0 Å². The Labute approximate surface area is 124 Å². The van der Waals surface area contributed by atoms with E-state index in [0.29, 0.717) is 10.6 Å². The number of benzene rings is 2. The minimum atomic E-state index is -4.45. The highest BCUT2D eigenvalue weighted by molar-refractivity contribution is 7.99. The average molecular weight is 309 g/mol. The normalized spacial score (nSPS) is 11.0. The van der Waals surface area contributed by atoms with E-state index >= 15 is 0 Å². The topological polar surface area (TPSA) is 33.0 Å². The highest BCUT2D eigenvalue weighted by atomic mass is 32.2. The van der Waals surface area contributed by atoms with Crippen LogP contribution in [0, 0.1) is 11.3 Å². The molecule has 6 heteroatoms. The van der Waals surface area contributed by atoms with Crippen molar-refractivity contribution in [2.45, 2.75) is 16.0 Å². The first kappa shape index (κ1) is 15.3. The Morgan fingerprint density at radius 3 is 2.29 bits per heavy atom. The van der Waals surface area contributed by atoms with Gasteiger partial charge >= 0.3 is 6.18 Å². The van der Waals surface area contributed by atoms with Crippen molar-refractivity contribution >= 4 is 11.8 Å². The van der Waals surface area contributed by atoms with Gasteiger partial charge in [-0.25, -0.2) is 0 Å². The number of ether oxygens (including phenoxy) is 1. The van der Waals surface area contributed by atoms with Gasteiger partial charge in [0.1, 0.15) is 11.8 Å². The van der Waals surface area contributed by atoms with E-state index in [2.05, 4.69) is 0 Å². The van der Waals surface area contributed by atoms with Gasteiger partial charge in [0.2, 0.25) is 0 Å². The summed E-state index contributed by atoms with van der Waals surface area (Å²) < 4.78 is 42.9. The van der Waals surface area contributed by atoms with Crippen molar-refractivity contribution in [3.05, 3.63) is 53.6 Å². The van der Waals surface area contributed by atoms with Crippen molar-refractivity contribution in [2.75, 3.05) is 7.11 Å². The van der Waals surface area contributed by atoms with Crippen LogP contribution >= 0.6 is 11.8 Å². The van der Waals surface area contributed by atoms with E-state index in [1.807, 2.05) is 0 Å². The lowest BCUT2D eigenvalue weighted by atomic mass is 10.1. The number of hydrogen-bond acceptors (Lipinski definition) is 3. The zero-order chi connectivity index (χ0) is 15.5. The third kappa shape index (κ3) is 3.70. The highest BCUT2D eigenvalue weighted by Crippen LogP contribution is 2.35. The first-order valence-corrected chi connectivity index (χ1v) is 6.69. The standard InChI is InChI=1S/C15H10F3NOS/c1-20-12-3-5-13(6-4-12)21-14-7-2-11(15(16,17)18)8-10(14)9-19/h2-8H,1H3. The Hall–Kier alpha value is -2.13. The van der Waals surface area contributed by atoms with Gasteiger partial charge < -0.3 is 4.74 Å². The van der Waals surface area contributed by atoms with Gasteiger partial charge in [0.15, 0.2) is 0 Å². The molecule has 0 spiro atoms. The van der Waals surface area contributed by atoms with Crippen LogP contribution in [0.4, 0.5) is 13.2 Å². The van der Waals surface area contributed by atoms with E-state index < -0.39 is 11.7 Å². The molecule has 2 nitrogen and oxygen atoms in total. The molecule has 108 valence electrons. The molecule has 0 atom stereocenters. The zero-order valence-corrected chi connectivity index (χ0v) is 11.8. The molecule has 0 saturated heterocycles. The smallest absolute Gasteiger partial charge is 0.416 e. The highest BCUT2D eigenvalue weighted by Gasteiger charge is 2.31. The summed E-state index contributed by atoms with van der Waals surface area (Å²) in [5.41, 5.74) is -0.816. The van der Waals surface area contributed by atoms with Crippen molar-refractivity contribution in [3.63, 3.8) is 0 Å². The van der Waals surface area contributed by atoms with Gasteiger partial charge in [0.05, 0.1) is 18.2 Å². The lowest BCUT2D eigenvalue weighted by Crippen LogP contribution is -2.05. The molecule has 0 aromatic heterocycles. The fourth-order valence-corrected chi connectivity index (χ4v) is 2.53. The van der Waals surface area contributed by atoms with Crippen LogP contribution in [0.5, 0.6) is 5.75 Å². The number of halogens is 3. The molecule has 0 N–H and O–H groups in total. The van der Waals surface area contributed by atoms with E-state index in [9.17, 15) is 13.2 Å². The molecule has 0 bridgehead atoms. The Balaban J connectivity index is 2.29. The van der Waals surface area contributed by atoms with Crippen LogP contribution in [0.1, 0.15) is 11.1 Å². The maximum absolute atomic E-state index is 12.6. The number of methoxy groups -OCH3 is 1. The van der Waals surface area contributed by atoms with Gasteiger partial charge in [-0.2, -0.15) is 18.4 Å².